The minimum atomic E-state index is 0.610. The Balaban J connectivity index is 0.000000141. The van der Waals surface area contributed by atoms with Gasteiger partial charge in [0.05, 0.1) is 0 Å². The van der Waals surface area contributed by atoms with Crippen molar-refractivity contribution in [3.63, 3.8) is 0 Å². The highest BCUT2D eigenvalue weighted by molar-refractivity contribution is 5.15. The summed E-state index contributed by atoms with van der Waals surface area (Å²) in [7, 11) is 4.37. The number of nitrogens with zero attached hydrogens (tertiary/aromatic N) is 4. The summed E-state index contributed by atoms with van der Waals surface area (Å²) in [5, 5.41) is 0. The maximum absolute atomic E-state index is 4.14. The fraction of sp³-hybridized carbons (Fsp3) is 0.500. The monoisotopic (exact) mass is 324 g/mol. The molecule has 2 saturated heterocycles. The predicted molar refractivity (Wildman–Crippen MR) is 97.7 cm³/mol. The van der Waals surface area contributed by atoms with Crippen molar-refractivity contribution in [3.05, 3.63) is 60.2 Å². The molecular formula is C20H28N4. The molecule has 24 heavy (non-hydrogen) atoms. The largest absolute Gasteiger partial charge is 0.299 e. The fourth-order valence-corrected chi connectivity index (χ4v) is 3.81. The van der Waals surface area contributed by atoms with Gasteiger partial charge in [-0.1, -0.05) is 12.1 Å². The van der Waals surface area contributed by atoms with E-state index in [1.54, 1.807) is 0 Å². The highest BCUT2D eigenvalue weighted by atomic mass is 15.1. The zero-order chi connectivity index (χ0) is 16.8. The fourth-order valence-electron chi connectivity index (χ4n) is 3.81. The van der Waals surface area contributed by atoms with Crippen LogP contribution in [0.25, 0.3) is 0 Å². The molecule has 4 heterocycles. The summed E-state index contributed by atoms with van der Waals surface area (Å²) >= 11 is 0. The Kier molecular flexibility index (Phi) is 5.94. The molecule has 0 N–H and O–H groups in total. The second-order valence-electron chi connectivity index (χ2n) is 6.85. The summed E-state index contributed by atoms with van der Waals surface area (Å²) in [6, 6.07) is 9.58. The van der Waals surface area contributed by atoms with Crippen molar-refractivity contribution >= 4 is 0 Å². The van der Waals surface area contributed by atoms with Crippen LogP contribution in [-0.4, -0.2) is 47.0 Å². The number of aromatic nitrogens is 2. The van der Waals surface area contributed by atoms with Crippen LogP contribution in [0.3, 0.4) is 0 Å². The van der Waals surface area contributed by atoms with Gasteiger partial charge in [-0.05, 0) is 76.1 Å². The third-order valence-electron chi connectivity index (χ3n) is 5.18. The van der Waals surface area contributed by atoms with Gasteiger partial charge in [-0.25, -0.2) is 0 Å². The number of likely N-dealkylation sites (tertiary alicyclic amines) is 2. The second kappa shape index (κ2) is 8.36. The SMILES string of the molecule is CN1CCC[C@H]1c1cccnc1.CN1CCC[C@H]1c1cccnc1. The molecule has 0 aliphatic carbocycles. The predicted octanol–water partition coefficient (Wildman–Crippen LogP) is 3.70. The van der Waals surface area contributed by atoms with E-state index in [1.165, 1.54) is 49.9 Å². The van der Waals surface area contributed by atoms with Gasteiger partial charge >= 0.3 is 0 Å². The zero-order valence-electron chi connectivity index (χ0n) is 14.8. The molecule has 0 bridgehead atoms. The third-order valence-corrected chi connectivity index (χ3v) is 5.18. The maximum atomic E-state index is 4.14. The number of pyridine rings is 2. The van der Waals surface area contributed by atoms with Crippen molar-refractivity contribution in [2.75, 3.05) is 27.2 Å². The Morgan fingerprint density at radius 1 is 0.792 bits per heavy atom. The summed E-state index contributed by atoms with van der Waals surface area (Å²) in [6.45, 7) is 2.44. The van der Waals surface area contributed by atoms with Gasteiger partial charge in [0, 0.05) is 36.9 Å². The summed E-state index contributed by atoms with van der Waals surface area (Å²) in [6.07, 6.45) is 12.8. The first-order chi connectivity index (χ1) is 11.8. The quantitative estimate of drug-likeness (QED) is 0.843. The van der Waals surface area contributed by atoms with Crippen LogP contribution in [0.2, 0.25) is 0 Å². The summed E-state index contributed by atoms with van der Waals surface area (Å²) in [5.41, 5.74) is 2.72. The van der Waals surface area contributed by atoms with E-state index in [0.717, 1.165) is 0 Å². The Hall–Kier alpha value is -1.78. The summed E-state index contributed by atoms with van der Waals surface area (Å²) in [5.74, 6) is 0. The number of hydrogen-bond acceptors (Lipinski definition) is 4. The maximum Gasteiger partial charge on any atom is 0.0360 e. The molecular weight excluding hydrogens is 296 g/mol. The van der Waals surface area contributed by atoms with Crippen molar-refractivity contribution in [1.29, 1.82) is 0 Å². The smallest absolute Gasteiger partial charge is 0.0360 e. The van der Waals surface area contributed by atoms with Crippen LogP contribution in [-0.2, 0) is 0 Å². The highest BCUT2D eigenvalue weighted by Crippen LogP contribution is 2.30. The zero-order valence-corrected chi connectivity index (χ0v) is 14.8. The van der Waals surface area contributed by atoms with Crippen LogP contribution in [0.15, 0.2) is 49.1 Å². The van der Waals surface area contributed by atoms with Crippen LogP contribution in [0.1, 0.15) is 48.9 Å². The first kappa shape index (κ1) is 17.1. The summed E-state index contributed by atoms with van der Waals surface area (Å²) in [4.78, 5) is 13.1. The van der Waals surface area contributed by atoms with Crippen molar-refractivity contribution in [3.8, 4) is 0 Å². The lowest BCUT2D eigenvalue weighted by molar-refractivity contribution is 0.317. The Morgan fingerprint density at radius 2 is 1.25 bits per heavy atom. The molecule has 0 aromatic carbocycles. The van der Waals surface area contributed by atoms with E-state index in [0.29, 0.717) is 12.1 Å². The lowest BCUT2D eigenvalue weighted by Gasteiger charge is -2.18. The van der Waals surface area contributed by atoms with Crippen LogP contribution >= 0.6 is 0 Å². The molecule has 0 saturated carbocycles. The minimum absolute atomic E-state index is 0.610. The van der Waals surface area contributed by atoms with E-state index in [2.05, 4.69) is 46.0 Å². The Bertz CT molecular complexity index is 546. The molecule has 2 atom stereocenters. The molecule has 0 spiro atoms. The Morgan fingerprint density at radius 3 is 1.54 bits per heavy atom. The van der Waals surface area contributed by atoms with Crippen molar-refractivity contribution in [1.82, 2.24) is 19.8 Å². The van der Waals surface area contributed by atoms with E-state index in [-0.39, 0.29) is 0 Å². The molecule has 2 aromatic heterocycles. The van der Waals surface area contributed by atoms with Crippen LogP contribution in [0.5, 0.6) is 0 Å². The molecule has 128 valence electrons. The minimum Gasteiger partial charge on any atom is -0.299 e. The molecule has 2 aliphatic heterocycles. The average Bonchev–Trinajstić information content (AvgIpc) is 3.25. The standard InChI is InChI=1S/2C10H14N2/c2*1-12-7-3-5-10(12)9-4-2-6-11-8-9/h2*2,4,6,8,10H,3,5,7H2,1H3/t2*10-/m00/s1. The molecule has 4 nitrogen and oxygen atoms in total. The van der Waals surface area contributed by atoms with Crippen molar-refractivity contribution < 1.29 is 0 Å². The van der Waals surface area contributed by atoms with Gasteiger partial charge in [-0.2, -0.15) is 0 Å². The lowest BCUT2D eigenvalue weighted by atomic mass is 10.1. The van der Waals surface area contributed by atoms with Crippen LogP contribution in [0, 0.1) is 0 Å². The Labute approximate surface area is 145 Å². The van der Waals surface area contributed by atoms with E-state index in [9.17, 15) is 0 Å². The first-order valence-electron chi connectivity index (χ1n) is 8.96. The summed E-state index contributed by atoms with van der Waals surface area (Å²) < 4.78 is 0. The van der Waals surface area contributed by atoms with Crippen molar-refractivity contribution in [2.45, 2.75) is 37.8 Å². The topological polar surface area (TPSA) is 32.3 Å². The van der Waals surface area contributed by atoms with E-state index in [1.807, 2.05) is 36.9 Å². The molecule has 0 radical (unpaired) electrons. The molecule has 2 aromatic rings. The number of hydrogen-bond donors (Lipinski definition) is 0. The lowest BCUT2D eigenvalue weighted by Crippen LogP contribution is -2.17. The van der Waals surface area contributed by atoms with E-state index in [4.69, 9.17) is 0 Å². The van der Waals surface area contributed by atoms with Crippen LogP contribution < -0.4 is 0 Å². The van der Waals surface area contributed by atoms with Gasteiger partial charge < -0.3 is 0 Å². The molecule has 2 aliphatic rings. The van der Waals surface area contributed by atoms with Gasteiger partial charge in [0.25, 0.3) is 0 Å². The average molecular weight is 324 g/mol. The second-order valence-corrected chi connectivity index (χ2v) is 6.85. The molecule has 4 heteroatoms. The normalized spacial score (nSPS) is 24.6. The number of rotatable bonds is 2. The van der Waals surface area contributed by atoms with Gasteiger partial charge in [0.1, 0.15) is 0 Å². The highest BCUT2D eigenvalue weighted by Gasteiger charge is 2.22. The van der Waals surface area contributed by atoms with Crippen molar-refractivity contribution in [2.24, 2.45) is 0 Å². The van der Waals surface area contributed by atoms with E-state index < -0.39 is 0 Å². The molecule has 0 amide bonds. The van der Waals surface area contributed by atoms with Gasteiger partial charge in [0.2, 0.25) is 0 Å². The third kappa shape index (κ3) is 4.19. The first-order valence-corrected chi connectivity index (χ1v) is 8.96. The molecule has 0 unspecified atom stereocenters. The van der Waals surface area contributed by atoms with Gasteiger partial charge in [-0.15, -0.1) is 0 Å². The molecule has 4 rings (SSSR count). The van der Waals surface area contributed by atoms with Crippen LogP contribution in [0.4, 0.5) is 0 Å². The van der Waals surface area contributed by atoms with E-state index >= 15 is 0 Å². The van der Waals surface area contributed by atoms with Gasteiger partial charge in [-0.3, -0.25) is 19.8 Å². The van der Waals surface area contributed by atoms with Gasteiger partial charge in [0.15, 0.2) is 0 Å². The molecule has 2 fully saturated rings.